The average Bonchev–Trinajstić information content (AvgIpc) is 2.79. The first-order chi connectivity index (χ1) is 16.2. The number of carbonyl (C=O) groups is 3. The zero-order valence-electron chi connectivity index (χ0n) is 17.5. The predicted octanol–water partition coefficient (Wildman–Crippen LogP) is 4.69. The maximum atomic E-state index is 12.9. The number of anilines is 3. The minimum atomic E-state index is -4.54. The number of fused-ring (bicyclic) bond motifs is 1. The number of ether oxygens (including phenoxy) is 1. The van der Waals surface area contributed by atoms with Crippen LogP contribution in [-0.2, 0) is 15.8 Å². The van der Waals surface area contributed by atoms with Crippen molar-refractivity contribution in [2.75, 3.05) is 16.0 Å². The third-order valence-electron chi connectivity index (χ3n) is 4.93. The predicted molar refractivity (Wildman–Crippen MR) is 119 cm³/mol. The summed E-state index contributed by atoms with van der Waals surface area (Å²) in [7, 11) is 0. The van der Waals surface area contributed by atoms with E-state index in [0.29, 0.717) is 11.4 Å². The molecule has 4 rings (SSSR count). The fourth-order valence-electron chi connectivity index (χ4n) is 3.32. The van der Waals surface area contributed by atoms with Crippen LogP contribution in [0.1, 0.15) is 22.3 Å². The highest BCUT2D eigenvalue weighted by Crippen LogP contribution is 2.31. The van der Waals surface area contributed by atoms with Crippen LogP contribution in [-0.4, -0.2) is 23.8 Å². The molecule has 174 valence electrons. The van der Waals surface area contributed by atoms with E-state index in [0.717, 1.165) is 12.1 Å². The topological polar surface area (TPSA) is 96.5 Å². The van der Waals surface area contributed by atoms with E-state index in [9.17, 15) is 27.6 Å². The number of nitrogens with one attached hydrogen (secondary N) is 3. The lowest BCUT2D eigenvalue weighted by Crippen LogP contribution is -2.39. The van der Waals surface area contributed by atoms with Gasteiger partial charge >= 0.3 is 6.18 Å². The van der Waals surface area contributed by atoms with Crippen LogP contribution in [0.3, 0.4) is 0 Å². The summed E-state index contributed by atoms with van der Waals surface area (Å²) < 4.78 is 44.2. The van der Waals surface area contributed by atoms with Gasteiger partial charge in [0.1, 0.15) is 5.75 Å². The molecule has 1 aliphatic rings. The van der Waals surface area contributed by atoms with Gasteiger partial charge in [-0.3, -0.25) is 14.4 Å². The molecule has 0 bridgehead atoms. The second-order valence-electron chi connectivity index (χ2n) is 7.46. The molecule has 3 N–H and O–H groups in total. The first kappa shape index (κ1) is 22.8. The molecule has 10 heteroatoms. The smallest absolute Gasteiger partial charge is 0.416 e. The van der Waals surface area contributed by atoms with Gasteiger partial charge in [-0.1, -0.05) is 24.3 Å². The summed E-state index contributed by atoms with van der Waals surface area (Å²) in [6, 6.07) is 17.0. The fourth-order valence-corrected chi connectivity index (χ4v) is 3.32. The molecule has 1 atom stereocenters. The van der Waals surface area contributed by atoms with Gasteiger partial charge in [-0.15, -0.1) is 0 Å². The standard InChI is InChI=1S/C24H18F3N3O4/c25-24(26,27)15-6-4-8-17(12-15)29-22(32)14-5-3-7-16(11-14)28-21(31)13-20-23(33)30-18-9-1-2-10-19(18)34-20/h1-12,20H,13H2,(H,28,31)(H,29,32)(H,30,33)/t20-/m0/s1. The number of halogens is 3. The van der Waals surface area contributed by atoms with Crippen LogP contribution in [0.4, 0.5) is 30.2 Å². The van der Waals surface area contributed by atoms with E-state index in [1.165, 1.54) is 36.4 Å². The largest absolute Gasteiger partial charge is 0.478 e. The van der Waals surface area contributed by atoms with E-state index in [2.05, 4.69) is 16.0 Å². The van der Waals surface area contributed by atoms with Crippen molar-refractivity contribution in [1.29, 1.82) is 0 Å². The van der Waals surface area contributed by atoms with Gasteiger partial charge in [0.15, 0.2) is 6.10 Å². The number of hydrogen-bond acceptors (Lipinski definition) is 4. The van der Waals surface area contributed by atoms with Crippen LogP contribution in [0.5, 0.6) is 5.75 Å². The van der Waals surface area contributed by atoms with Crippen molar-refractivity contribution in [3.63, 3.8) is 0 Å². The Kier molecular flexibility index (Phi) is 6.22. The van der Waals surface area contributed by atoms with Gasteiger partial charge in [0.05, 0.1) is 17.7 Å². The summed E-state index contributed by atoms with van der Waals surface area (Å²) in [5, 5.41) is 7.67. The van der Waals surface area contributed by atoms with Gasteiger partial charge in [0.25, 0.3) is 11.8 Å². The van der Waals surface area contributed by atoms with Gasteiger partial charge in [-0.25, -0.2) is 0 Å². The van der Waals surface area contributed by atoms with E-state index in [1.54, 1.807) is 24.3 Å². The number of rotatable bonds is 5. The molecule has 0 unspecified atom stereocenters. The second kappa shape index (κ2) is 9.26. The van der Waals surface area contributed by atoms with E-state index in [-0.39, 0.29) is 23.4 Å². The lowest BCUT2D eigenvalue weighted by Gasteiger charge is -2.25. The minimum Gasteiger partial charge on any atom is -0.478 e. The molecule has 34 heavy (non-hydrogen) atoms. The SMILES string of the molecule is O=C(C[C@@H]1Oc2ccccc2NC1=O)Nc1cccc(C(=O)Nc2cccc(C(F)(F)F)c2)c1. The third kappa shape index (κ3) is 5.34. The monoisotopic (exact) mass is 469 g/mol. The van der Waals surface area contributed by atoms with Crippen LogP contribution in [0.25, 0.3) is 0 Å². The highest BCUT2D eigenvalue weighted by atomic mass is 19.4. The Bertz CT molecular complexity index is 1260. The number of para-hydroxylation sites is 2. The lowest BCUT2D eigenvalue weighted by atomic mass is 10.1. The van der Waals surface area contributed by atoms with Gasteiger partial charge in [0, 0.05) is 16.9 Å². The van der Waals surface area contributed by atoms with Crippen LogP contribution in [0.2, 0.25) is 0 Å². The molecule has 0 fully saturated rings. The highest BCUT2D eigenvalue weighted by Gasteiger charge is 2.31. The van der Waals surface area contributed by atoms with Gasteiger partial charge < -0.3 is 20.7 Å². The molecule has 3 amide bonds. The summed E-state index contributed by atoms with van der Waals surface area (Å²) in [6.45, 7) is 0. The van der Waals surface area contributed by atoms with Crippen LogP contribution in [0.15, 0.2) is 72.8 Å². The van der Waals surface area contributed by atoms with Crippen molar-refractivity contribution in [2.24, 2.45) is 0 Å². The fraction of sp³-hybridized carbons (Fsp3) is 0.125. The van der Waals surface area contributed by atoms with Gasteiger partial charge in [-0.05, 0) is 48.5 Å². The number of carbonyl (C=O) groups excluding carboxylic acids is 3. The van der Waals surface area contributed by atoms with Crippen molar-refractivity contribution in [2.45, 2.75) is 18.7 Å². The molecule has 3 aromatic rings. The quantitative estimate of drug-likeness (QED) is 0.505. The Balaban J connectivity index is 1.39. The Morgan fingerprint density at radius 1 is 0.912 bits per heavy atom. The molecule has 1 heterocycles. The lowest BCUT2D eigenvalue weighted by molar-refractivity contribution is -0.137. The van der Waals surface area contributed by atoms with Crippen molar-refractivity contribution >= 4 is 34.8 Å². The van der Waals surface area contributed by atoms with Crippen LogP contribution < -0.4 is 20.7 Å². The van der Waals surface area contributed by atoms with Crippen molar-refractivity contribution in [3.05, 3.63) is 83.9 Å². The first-order valence-corrected chi connectivity index (χ1v) is 10.1. The number of benzene rings is 3. The van der Waals surface area contributed by atoms with E-state index < -0.39 is 35.6 Å². The Labute approximate surface area is 191 Å². The summed E-state index contributed by atoms with van der Waals surface area (Å²) in [4.78, 5) is 37.2. The summed E-state index contributed by atoms with van der Waals surface area (Å²) in [5.41, 5.74) is 0.00987. The highest BCUT2D eigenvalue weighted by molar-refractivity contribution is 6.06. The molecule has 7 nitrogen and oxygen atoms in total. The average molecular weight is 469 g/mol. The molecular weight excluding hydrogens is 451 g/mol. The Morgan fingerprint density at radius 3 is 2.38 bits per heavy atom. The van der Waals surface area contributed by atoms with Crippen molar-refractivity contribution in [1.82, 2.24) is 0 Å². The molecule has 0 saturated heterocycles. The van der Waals surface area contributed by atoms with Gasteiger partial charge in [-0.2, -0.15) is 13.2 Å². The zero-order valence-corrected chi connectivity index (χ0v) is 17.5. The van der Waals surface area contributed by atoms with Crippen molar-refractivity contribution < 1.29 is 32.3 Å². The number of amides is 3. The Hall–Kier alpha value is -4.34. The molecule has 0 spiro atoms. The van der Waals surface area contributed by atoms with E-state index in [4.69, 9.17) is 4.74 Å². The first-order valence-electron chi connectivity index (χ1n) is 10.1. The zero-order chi connectivity index (χ0) is 24.3. The molecule has 0 aliphatic carbocycles. The summed E-state index contributed by atoms with van der Waals surface area (Å²) >= 11 is 0. The third-order valence-corrected chi connectivity index (χ3v) is 4.93. The van der Waals surface area contributed by atoms with Crippen molar-refractivity contribution in [3.8, 4) is 5.75 Å². The number of alkyl halides is 3. The summed E-state index contributed by atoms with van der Waals surface area (Å²) in [6.07, 6.45) is -5.82. The van der Waals surface area contributed by atoms with Crippen LogP contribution in [0, 0.1) is 0 Å². The molecule has 0 radical (unpaired) electrons. The minimum absolute atomic E-state index is 0.0185. The molecule has 0 saturated carbocycles. The van der Waals surface area contributed by atoms with Crippen LogP contribution >= 0.6 is 0 Å². The summed E-state index contributed by atoms with van der Waals surface area (Å²) in [5.74, 6) is -1.17. The van der Waals surface area contributed by atoms with E-state index in [1.807, 2.05) is 0 Å². The molecule has 3 aromatic carbocycles. The normalized spacial score (nSPS) is 14.9. The second-order valence-corrected chi connectivity index (χ2v) is 7.46. The number of hydrogen-bond donors (Lipinski definition) is 3. The molecule has 1 aliphatic heterocycles. The molecule has 0 aromatic heterocycles. The maximum absolute atomic E-state index is 12.9. The van der Waals surface area contributed by atoms with Gasteiger partial charge in [0.2, 0.25) is 5.91 Å². The maximum Gasteiger partial charge on any atom is 0.416 e. The molecular formula is C24H18F3N3O4. The van der Waals surface area contributed by atoms with E-state index >= 15 is 0 Å². The Morgan fingerprint density at radius 2 is 1.62 bits per heavy atom.